The van der Waals surface area contributed by atoms with Crippen LogP contribution in [0.15, 0.2) is 24.3 Å². The van der Waals surface area contributed by atoms with Crippen LogP contribution in [0.2, 0.25) is 0 Å². The minimum atomic E-state index is -1.00. The second kappa shape index (κ2) is 19.4. The standard InChI is InChI=1S/C59H82O19/c1-25-13-31-7-9-35-26(2)14-33(64-35)11-12-57-23-44-53(77-57)54-55(71-44)56(78-57)52-36(68-54)10-8-32(66-52)15-47(63)72-51-30(6)50-41(67-40(51)17-37(65-31)29(25)5)18-39-43(70-50)22-59(73-39)24-45-49(76-59)28(4)21-58(75-45)20-27(3)48-42(74-58)16-34(60)38(69-48)19-46(61)62/h25,27-28,30-45,48-56,60H,2,5,7-24H2,1,3-4,6H3,(H,61,62)/t25-,27+,28+,30+,31+,32-,33+,34-,35+,36+,37-,38-,39-,40+,41+,42+,43-,44-,45+,48+,49+,50+,51-,52+,53-,54?,55-,56+,57+,58-,59+/m1/s1. The summed E-state index contributed by atoms with van der Waals surface area (Å²) >= 11 is 0. The fourth-order valence-electron chi connectivity index (χ4n) is 18.0. The highest BCUT2D eigenvalue weighted by molar-refractivity contribution is 5.70. The molecule has 1 unspecified atom stereocenters. The molecule has 19 nitrogen and oxygen atoms in total. The number of hydrogen-bond acceptors (Lipinski definition) is 18. The predicted octanol–water partition coefficient (Wildman–Crippen LogP) is 5.66. The van der Waals surface area contributed by atoms with Gasteiger partial charge < -0.3 is 81.3 Å². The monoisotopic (exact) mass is 1090 g/mol. The number of carboxylic acid groups (broad SMARTS) is 1. The molecular weight excluding hydrogens is 1010 g/mol. The Morgan fingerprint density at radius 3 is 2.03 bits per heavy atom. The number of ether oxygens (including phenoxy) is 15. The number of carbonyl (C=O) groups excluding carboxylic acids is 1. The topological polar surface area (TPSA) is 213 Å². The molecular formula is C59H82O19. The molecule has 0 radical (unpaired) electrons. The molecule has 432 valence electrons. The summed E-state index contributed by atoms with van der Waals surface area (Å²) < 4.78 is 103. The smallest absolute Gasteiger partial charge is 0.308 e. The van der Waals surface area contributed by atoms with E-state index in [1.54, 1.807) is 0 Å². The fraction of sp³-hybridized carbons (Fsp3) is 0.898. The van der Waals surface area contributed by atoms with Gasteiger partial charge in [0.2, 0.25) is 0 Å². The minimum Gasteiger partial charge on any atom is -0.481 e. The van der Waals surface area contributed by atoms with Gasteiger partial charge in [0, 0.05) is 63.7 Å². The van der Waals surface area contributed by atoms with E-state index < -0.39 is 72.2 Å². The van der Waals surface area contributed by atoms with Gasteiger partial charge in [-0.1, -0.05) is 40.9 Å². The van der Waals surface area contributed by atoms with Crippen LogP contribution in [0, 0.1) is 23.7 Å². The molecule has 31 atom stereocenters. The summed E-state index contributed by atoms with van der Waals surface area (Å²) in [4.78, 5) is 26.1. The maximum Gasteiger partial charge on any atom is 0.308 e. The summed E-state index contributed by atoms with van der Waals surface area (Å²) in [6, 6.07) is 0. The summed E-state index contributed by atoms with van der Waals surface area (Å²) in [5.41, 5.74) is 2.14. The van der Waals surface area contributed by atoms with Gasteiger partial charge in [-0.2, -0.15) is 0 Å². The van der Waals surface area contributed by atoms with Crippen LogP contribution in [0.25, 0.3) is 0 Å². The Morgan fingerprint density at radius 2 is 1.18 bits per heavy atom. The van der Waals surface area contributed by atoms with Crippen molar-refractivity contribution in [3.8, 4) is 0 Å². The third-order valence-electron chi connectivity index (χ3n) is 21.6. The number of esters is 1. The molecule has 3 spiro atoms. The highest BCUT2D eigenvalue weighted by atomic mass is 16.8. The molecule has 16 fully saturated rings. The number of rotatable bonds is 2. The van der Waals surface area contributed by atoms with Crippen LogP contribution >= 0.6 is 0 Å². The number of aliphatic carboxylic acids is 1. The van der Waals surface area contributed by atoms with Gasteiger partial charge in [-0.3, -0.25) is 9.59 Å². The van der Waals surface area contributed by atoms with Crippen molar-refractivity contribution in [2.45, 2.75) is 307 Å². The van der Waals surface area contributed by atoms with E-state index in [-0.39, 0.29) is 147 Å². The minimum absolute atomic E-state index is 0.00942. The zero-order valence-corrected chi connectivity index (χ0v) is 45.6. The SMILES string of the molecule is C=C1C[C@@H]2CC[C@@]34C[C@H]5O[C@@H]6C(O[C@H]7CC[C@H](CC(=O)O[C@@H]8[C@@H](C)[C@@H]9O[C@@H]%10C[C@]%11(C[C@@H]%12O[C@]%13(C[C@H](C)[C@@H]%14O[C@H](CC(=O)O)[C@H](O)C[C@@H]%14O%13)C[C@H](C)[C@@H]%12O%11)O[C@@H]%10C[C@@H]9O[C@H]8C[C@H]8O[C@@H](CC[C@@H]1O2)C[C@@H](C)C8=C)O[C@@H]7[C@@H]6O3)[C@@H]5O4. The van der Waals surface area contributed by atoms with E-state index in [2.05, 4.69) is 40.9 Å². The molecule has 16 aliphatic heterocycles. The number of aliphatic hydroxyl groups excluding tert-OH is 1. The summed E-state index contributed by atoms with van der Waals surface area (Å²) in [7, 11) is 0. The van der Waals surface area contributed by atoms with E-state index in [4.69, 9.17) is 71.1 Å². The van der Waals surface area contributed by atoms with Gasteiger partial charge in [0.15, 0.2) is 17.4 Å². The lowest BCUT2D eigenvalue weighted by atomic mass is 9.78. The zero-order chi connectivity index (χ0) is 53.3. The van der Waals surface area contributed by atoms with Crippen LogP contribution in [0.3, 0.4) is 0 Å². The Labute approximate surface area is 456 Å². The van der Waals surface area contributed by atoms with E-state index in [0.29, 0.717) is 64.2 Å². The van der Waals surface area contributed by atoms with Gasteiger partial charge in [-0.05, 0) is 73.8 Å². The molecule has 16 rings (SSSR count). The molecule has 0 saturated carbocycles. The van der Waals surface area contributed by atoms with Crippen LogP contribution in [-0.2, 0) is 80.6 Å². The predicted molar refractivity (Wildman–Crippen MR) is 268 cm³/mol. The van der Waals surface area contributed by atoms with Gasteiger partial charge in [-0.25, -0.2) is 0 Å². The third kappa shape index (κ3) is 8.98. The average molecular weight is 1100 g/mol. The first-order valence-corrected chi connectivity index (χ1v) is 30.2. The quantitative estimate of drug-likeness (QED) is 0.252. The van der Waals surface area contributed by atoms with Gasteiger partial charge >= 0.3 is 11.9 Å². The third-order valence-corrected chi connectivity index (χ3v) is 21.6. The molecule has 0 aromatic heterocycles. The van der Waals surface area contributed by atoms with Crippen LogP contribution in [0.5, 0.6) is 0 Å². The van der Waals surface area contributed by atoms with Crippen molar-refractivity contribution >= 4 is 11.9 Å². The maximum absolute atomic E-state index is 14.6. The lowest BCUT2D eigenvalue weighted by Crippen LogP contribution is -2.62. The summed E-state index contributed by atoms with van der Waals surface area (Å²) in [6.45, 7) is 17.7. The highest BCUT2D eigenvalue weighted by Crippen LogP contribution is 2.58. The van der Waals surface area contributed by atoms with Crippen LogP contribution in [0.4, 0.5) is 0 Å². The van der Waals surface area contributed by atoms with Crippen molar-refractivity contribution in [1.29, 1.82) is 0 Å². The van der Waals surface area contributed by atoms with Crippen molar-refractivity contribution < 1.29 is 90.9 Å². The van der Waals surface area contributed by atoms with E-state index in [1.165, 1.54) is 0 Å². The van der Waals surface area contributed by atoms with Gasteiger partial charge in [0.05, 0.1) is 123 Å². The van der Waals surface area contributed by atoms with Crippen molar-refractivity contribution in [3.63, 3.8) is 0 Å². The van der Waals surface area contributed by atoms with E-state index in [0.717, 1.165) is 43.3 Å². The highest BCUT2D eigenvalue weighted by Gasteiger charge is 2.70. The molecule has 0 aromatic carbocycles. The molecule has 19 heteroatoms. The van der Waals surface area contributed by atoms with Crippen molar-refractivity contribution in [1.82, 2.24) is 0 Å². The second-order valence-electron chi connectivity index (χ2n) is 27.1. The summed E-state index contributed by atoms with van der Waals surface area (Å²) in [5.74, 6) is -3.99. The molecule has 0 aliphatic carbocycles. The maximum atomic E-state index is 14.6. The molecule has 2 N–H and O–H groups in total. The molecule has 0 aromatic rings. The number of carboxylic acids is 1. The van der Waals surface area contributed by atoms with E-state index >= 15 is 0 Å². The molecule has 16 heterocycles. The number of hydrogen-bond donors (Lipinski definition) is 2. The number of carbonyl (C=O) groups is 2. The van der Waals surface area contributed by atoms with Gasteiger partial charge in [0.25, 0.3) is 0 Å². The first kappa shape index (κ1) is 52.6. The Hall–Kier alpha value is -2.18. The first-order chi connectivity index (χ1) is 37.4. The number of fused-ring (bicyclic) bond motifs is 10. The zero-order valence-electron chi connectivity index (χ0n) is 45.6. The molecule has 16 saturated heterocycles. The van der Waals surface area contributed by atoms with Gasteiger partial charge in [-0.15, -0.1) is 0 Å². The molecule has 0 amide bonds. The van der Waals surface area contributed by atoms with Crippen molar-refractivity contribution in [2.75, 3.05) is 0 Å². The van der Waals surface area contributed by atoms with E-state index in [1.807, 2.05) is 0 Å². The lowest BCUT2D eigenvalue weighted by Gasteiger charge is -2.54. The lowest BCUT2D eigenvalue weighted by molar-refractivity contribution is -0.371. The largest absolute Gasteiger partial charge is 0.481 e. The Balaban J connectivity index is 0.661. The average Bonchev–Trinajstić information content (AvgIpc) is 4.15. The summed E-state index contributed by atoms with van der Waals surface area (Å²) in [6.07, 6.45) is 1.76. The molecule has 12 bridgehead atoms. The Kier molecular flexibility index (Phi) is 13.1. The number of aliphatic hydroxyl groups is 1. The van der Waals surface area contributed by atoms with Crippen molar-refractivity contribution in [2.24, 2.45) is 23.7 Å². The van der Waals surface area contributed by atoms with Crippen molar-refractivity contribution in [3.05, 3.63) is 24.3 Å². The Morgan fingerprint density at radius 1 is 0.513 bits per heavy atom. The second-order valence-corrected chi connectivity index (χ2v) is 27.1. The normalized spacial score (nSPS) is 58.0. The van der Waals surface area contributed by atoms with Gasteiger partial charge in [0.1, 0.15) is 36.6 Å². The van der Waals surface area contributed by atoms with Crippen LogP contribution in [-0.4, -0.2) is 186 Å². The summed E-state index contributed by atoms with van der Waals surface area (Å²) in [5, 5.41) is 20.4. The molecule has 78 heavy (non-hydrogen) atoms. The molecule has 16 aliphatic rings. The fourth-order valence-corrected chi connectivity index (χ4v) is 18.0. The van der Waals surface area contributed by atoms with E-state index in [9.17, 15) is 19.8 Å². The van der Waals surface area contributed by atoms with Crippen LogP contribution in [0.1, 0.15) is 143 Å². The first-order valence-electron chi connectivity index (χ1n) is 30.2. The van der Waals surface area contributed by atoms with Crippen LogP contribution < -0.4 is 0 Å². The Bertz CT molecular complexity index is 2370.